The molecule has 0 spiro atoms. The first-order chi connectivity index (χ1) is 15.5. The van der Waals surface area contributed by atoms with E-state index >= 15 is 0 Å². The molecule has 3 aromatic heterocycles. The maximum absolute atomic E-state index is 13.2. The van der Waals surface area contributed by atoms with E-state index in [0.29, 0.717) is 22.6 Å². The molecule has 0 unspecified atom stereocenters. The molecule has 3 heterocycles. The summed E-state index contributed by atoms with van der Waals surface area (Å²) in [5.74, 6) is 2.30. The van der Waals surface area contributed by atoms with Gasteiger partial charge in [-0.25, -0.2) is 9.37 Å². The maximum atomic E-state index is 13.2. The number of nitrogens with zero attached hydrogens (tertiary/aromatic N) is 5. The fourth-order valence-electron chi connectivity index (χ4n) is 3.14. The standard InChI is InChI=1S/C22H17BrFN7S/c1-13-10-20(26-19-11-18(28-29-19)15-4-8-17(24)9-5-15)31-21(25-13)27-22(30-31)32-12-14-2-6-16(23)7-3-14/h2-11H,12H2,1H3,(H2,26,28,29). The molecule has 0 saturated heterocycles. The minimum absolute atomic E-state index is 0.277. The molecule has 0 atom stereocenters. The van der Waals surface area contributed by atoms with E-state index in [1.165, 1.54) is 17.7 Å². The number of benzene rings is 2. The van der Waals surface area contributed by atoms with Crippen LogP contribution in [-0.2, 0) is 5.75 Å². The van der Waals surface area contributed by atoms with E-state index in [2.05, 4.69) is 58.6 Å². The van der Waals surface area contributed by atoms with Crippen LogP contribution in [0.2, 0.25) is 0 Å². The van der Waals surface area contributed by atoms with Crippen molar-refractivity contribution in [3.8, 4) is 11.3 Å². The SMILES string of the molecule is Cc1cc(Nc2cc(-c3ccc(F)cc3)[nH]n2)n2nc(SCc3ccc(Br)cc3)nc2n1. The van der Waals surface area contributed by atoms with Gasteiger partial charge in [0.25, 0.3) is 5.78 Å². The molecule has 10 heteroatoms. The first-order valence-electron chi connectivity index (χ1n) is 9.73. The number of hydrogen-bond acceptors (Lipinski definition) is 6. The van der Waals surface area contributed by atoms with E-state index in [0.717, 1.165) is 27.2 Å². The summed E-state index contributed by atoms with van der Waals surface area (Å²) >= 11 is 5.00. The number of aryl methyl sites for hydroxylation is 1. The number of hydrogen-bond donors (Lipinski definition) is 2. The van der Waals surface area contributed by atoms with Crippen molar-refractivity contribution in [2.75, 3.05) is 5.32 Å². The summed E-state index contributed by atoms with van der Waals surface area (Å²) in [5, 5.41) is 15.8. The molecule has 0 saturated carbocycles. The van der Waals surface area contributed by atoms with Crippen LogP contribution in [0.1, 0.15) is 11.3 Å². The zero-order valence-corrected chi connectivity index (χ0v) is 19.3. The molecule has 0 amide bonds. The van der Waals surface area contributed by atoms with Crippen LogP contribution in [0, 0.1) is 12.7 Å². The van der Waals surface area contributed by atoms with Crippen LogP contribution < -0.4 is 5.32 Å². The Kier molecular flexibility index (Phi) is 5.62. The van der Waals surface area contributed by atoms with Crippen LogP contribution in [0.4, 0.5) is 16.0 Å². The highest BCUT2D eigenvalue weighted by atomic mass is 79.9. The van der Waals surface area contributed by atoms with Gasteiger partial charge in [-0.3, -0.25) is 5.10 Å². The molecule has 2 N–H and O–H groups in total. The van der Waals surface area contributed by atoms with Gasteiger partial charge in [0.05, 0.1) is 5.69 Å². The molecule has 0 aliphatic rings. The Morgan fingerprint density at radius 2 is 1.84 bits per heavy atom. The van der Waals surface area contributed by atoms with E-state index < -0.39 is 0 Å². The van der Waals surface area contributed by atoms with Crippen molar-refractivity contribution in [2.45, 2.75) is 17.8 Å². The van der Waals surface area contributed by atoms with Crippen LogP contribution in [0.15, 0.2) is 70.3 Å². The lowest BCUT2D eigenvalue weighted by molar-refractivity contribution is 0.628. The first-order valence-corrected chi connectivity index (χ1v) is 11.5. The smallest absolute Gasteiger partial charge is 0.255 e. The molecule has 0 radical (unpaired) electrons. The molecule has 7 nitrogen and oxygen atoms in total. The van der Waals surface area contributed by atoms with Gasteiger partial charge in [0.15, 0.2) is 5.82 Å². The zero-order valence-electron chi connectivity index (χ0n) is 16.9. The normalized spacial score (nSPS) is 11.2. The summed E-state index contributed by atoms with van der Waals surface area (Å²) in [7, 11) is 0. The molecule has 5 rings (SSSR count). The highest BCUT2D eigenvalue weighted by Gasteiger charge is 2.12. The Hall–Kier alpha value is -3.24. The lowest BCUT2D eigenvalue weighted by Crippen LogP contribution is -2.02. The topological polar surface area (TPSA) is 83.8 Å². The summed E-state index contributed by atoms with van der Waals surface area (Å²) in [6.07, 6.45) is 0. The summed E-state index contributed by atoms with van der Waals surface area (Å²) in [4.78, 5) is 9.05. The van der Waals surface area contributed by atoms with Gasteiger partial charge < -0.3 is 5.32 Å². The van der Waals surface area contributed by atoms with Crippen LogP contribution in [0.25, 0.3) is 17.0 Å². The lowest BCUT2D eigenvalue weighted by Gasteiger charge is -2.05. The fraction of sp³-hybridized carbons (Fsp3) is 0.0909. The second-order valence-corrected chi connectivity index (χ2v) is 8.96. The molecule has 2 aromatic carbocycles. The number of rotatable bonds is 6. The Morgan fingerprint density at radius 3 is 2.62 bits per heavy atom. The summed E-state index contributed by atoms with van der Waals surface area (Å²) in [6.45, 7) is 1.91. The summed E-state index contributed by atoms with van der Waals surface area (Å²) in [5.41, 5.74) is 3.62. The van der Waals surface area contributed by atoms with Crippen molar-refractivity contribution in [1.29, 1.82) is 0 Å². The van der Waals surface area contributed by atoms with Gasteiger partial charge in [-0.05, 0) is 54.4 Å². The van der Waals surface area contributed by atoms with Gasteiger partial charge in [-0.15, -0.1) is 5.10 Å². The van der Waals surface area contributed by atoms with E-state index in [1.807, 2.05) is 31.2 Å². The summed E-state index contributed by atoms with van der Waals surface area (Å²) < 4.78 is 15.9. The van der Waals surface area contributed by atoms with Crippen LogP contribution in [0.3, 0.4) is 0 Å². The number of thioether (sulfide) groups is 1. The van der Waals surface area contributed by atoms with Crippen LogP contribution in [0.5, 0.6) is 0 Å². The third-order valence-electron chi connectivity index (χ3n) is 4.69. The fourth-order valence-corrected chi connectivity index (χ4v) is 4.18. The molecular weight excluding hydrogens is 493 g/mol. The number of nitrogens with one attached hydrogen (secondary N) is 2. The minimum atomic E-state index is -0.277. The van der Waals surface area contributed by atoms with E-state index in [1.54, 1.807) is 28.4 Å². The van der Waals surface area contributed by atoms with Crippen molar-refractivity contribution >= 4 is 45.1 Å². The summed E-state index contributed by atoms with van der Waals surface area (Å²) in [6, 6.07) is 18.2. The molecule has 0 aliphatic heterocycles. The van der Waals surface area contributed by atoms with Crippen LogP contribution >= 0.6 is 27.7 Å². The van der Waals surface area contributed by atoms with E-state index in [9.17, 15) is 4.39 Å². The molecule has 0 bridgehead atoms. The van der Waals surface area contributed by atoms with Crippen LogP contribution in [-0.4, -0.2) is 29.8 Å². The number of aromatic nitrogens is 6. The van der Waals surface area contributed by atoms with Crippen molar-refractivity contribution in [3.63, 3.8) is 0 Å². The highest BCUT2D eigenvalue weighted by Crippen LogP contribution is 2.25. The Labute approximate surface area is 195 Å². The molecule has 0 fully saturated rings. The number of fused-ring (bicyclic) bond motifs is 1. The number of aromatic amines is 1. The Bertz CT molecular complexity index is 1380. The maximum Gasteiger partial charge on any atom is 0.255 e. The quantitative estimate of drug-likeness (QED) is 0.283. The monoisotopic (exact) mass is 509 g/mol. The zero-order chi connectivity index (χ0) is 22.1. The second kappa shape index (κ2) is 8.71. The highest BCUT2D eigenvalue weighted by molar-refractivity contribution is 9.10. The van der Waals surface area contributed by atoms with Crippen molar-refractivity contribution < 1.29 is 4.39 Å². The second-order valence-electron chi connectivity index (χ2n) is 7.10. The van der Waals surface area contributed by atoms with Crippen molar-refractivity contribution in [1.82, 2.24) is 29.8 Å². The van der Waals surface area contributed by atoms with Gasteiger partial charge in [-0.1, -0.05) is 39.8 Å². The predicted molar refractivity (Wildman–Crippen MR) is 126 cm³/mol. The molecule has 160 valence electrons. The molecule has 32 heavy (non-hydrogen) atoms. The molecule has 0 aliphatic carbocycles. The molecular formula is C22H17BrFN7S. The first kappa shape index (κ1) is 20.7. The Morgan fingerprint density at radius 1 is 1.06 bits per heavy atom. The average molecular weight is 510 g/mol. The third kappa shape index (κ3) is 4.51. The number of H-pyrrole nitrogens is 1. The third-order valence-corrected chi connectivity index (χ3v) is 6.13. The molecule has 5 aromatic rings. The van der Waals surface area contributed by atoms with Crippen molar-refractivity contribution in [3.05, 3.63) is 82.2 Å². The number of anilines is 2. The largest absolute Gasteiger partial charge is 0.323 e. The van der Waals surface area contributed by atoms with E-state index in [-0.39, 0.29) is 5.82 Å². The van der Waals surface area contributed by atoms with Gasteiger partial charge in [0, 0.05) is 28.1 Å². The van der Waals surface area contributed by atoms with Gasteiger partial charge in [-0.2, -0.15) is 14.6 Å². The number of halogens is 2. The van der Waals surface area contributed by atoms with Gasteiger partial charge >= 0.3 is 0 Å². The average Bonchev–Trinajstić information content (AvgIpc) is 3.41. The van der Waals surface area contributed by atoms with E-state index in [4.69, 9.17) is 0 Å². The predicted octanol–water partition coefficient (Wildman–Crippen LogP) is 5.76. The minimum Gasteiger partial charge on any atom is -0.323 e. The Balaban J connectivity index is 1.38. The van der Waals surface area contributed by atoms with Gasteiger partial charge in [0.2, 0.25) is 5.16 Å². The lowest BCUT2D eigenvalue weighted by atomic mass is 10.1. The van der Waals surface area contributed by atoms with Gasteiger partial charge in [0.1, 0.15) is 11.6 Å². The van der Waals surface area contributed by atoms with Crippen molar-refractivity contribution in [2.24, 2.45) is 0 Å².